The number of fused-ring (bicyclic) bond motifs is 4. The second-order valence-corrected chi connectivity index (χ2v) is 8.39. The van der Waals surface area contributed by atoms with Crippen LogP contribution in [0.3, 0.4) is 0 Å². The molecule has 146 valence electrons. The molecule has 1 heteroatoms. The van der Waals surface area contributed by atoms with Crippen LogP contribution in [0.25, 0.3) is 54.6 Å². The number of hydrogen-bond acceptors (Lipinski definition) is 0. The Morgan fingerprint density at radius 3 is 1.84 bits per heavy atom. The van der Waals surface area contributed by atoms with Crippen LogP contribution in [-0.4, -0.2) is 0 Å². The third-order valence-corrected chi connectivity index (χ3v) is 6.44. The molecule has 0 aliphatic rings. The van der Waals surface area contributed by atoms with E-state index in [4.69, 9.17) is 11.6 Å². The summed E-state index contributed by atoms with van der Waals surface area (Å²) in [6.45, 7) is 0. The molecule has 0 radical (unpaired) electrons. The van der Waals surface area contributed by atoms with Crippen LogP contribution in [0.4, 0.5) is 0 Å². The van der Waals surface area contributed by atoms with Gasteiger partial charge < -0.3 is 0 Å². The SMILES string of the molecule is Clc1ccc(-c2ccc3ccccc3c2)cc1-c1ccc2ccc3ccccc3c2c1. The molecule has 0 aliphatic heterocycles. The summed E-state index contributed by atoms with van der Waals surface area (Å²) >= 11 is 6.68. The normalized spacial score (nSPS) is 11.4. The molecule has 0 saturated heterocycles. The van der Waals surface area contributed by atoms with E-state index in [1.165, 1.54) is 43.4 Å². The summed E-state index contributed by atoms with van der Waals surface area (Å²) in [6, 6.07) is 40.9. The van der Waals surface area contributed by atoms with E-state index in [-0.39, 0.29) is 0 Å². The van der Waals surface area contributed by atoms with Crippen molar-refractivity contribution < 1.29 is 0 Å². The highest BCUT2D eigenvalue weighted by Crippen LogP contribution is 2.36. The maximum Gasteiger partial charge on any atom is 0.0484 e. The summed E-state index contributed by atoms with van der Waals surface area (Å²) in [6.07, 6.45) is 0. The fraction of sp³-hybridized carbons (Fsp3) is 0. The first kappa shape index (κ1) is 18.2. The third kappa shape index (κ3) is 3.17. The van der Waals surface area contributed by atoms with Crippen LogP contribution < -0.4 is 0 Å². The van der Waals surface area contributed by atoms with Gasteiger partial charge in [-0.25, -0.2) is 0 Å². The van der Waals surface area contributed by atoms with E-state index < -0.39 is 0 Å². The molecule has 0 atom stereocenters. The fourth-order valence-corrected chi connectivity index (χ4v) is 4.69. The van der Waals surface area contributed by atoms with Crippen molar-refractivity contribution in [3.8, 4) is 22.3 Å². The second kappa shape index (κ2) is 7.27. The van der Waals surface area contributed by atoms with Crippen molar-refractivity contribution in [3.63, 3.8) is 0 Å². The predicted molar refractivity (Wildman–Crippen MR) is 135 cm³/mol. The molecule has 0 fully saturated rings. The van der Waals surface area contributed by atoms with Crippen LogP contribution in [0.1, 0.15) is 0 Å². The van der Waals surface area contributed by atoms with Crippen LogP contribution in [0, 0.1) is 0 Å². The first-order chi connectivity index (χ1) is 15.3. The van der Waals surface area contributed by atoms with Gasteiger partial charge in [-0.3, -0.25) is 0 Å². The van der Waals surface area contributed by atoms with Gasteiger partial charge in [-0.05, 0) is 73.3 Å². The van der Waals surface area contributed by atoms with Gasteiger partial charge >= 0.3 is 0 Å². The standard InChI is InChI=1S/C30H19Cl/c31-30-16-15-25(24-13-9-20-5-1-2-7-23(20)17-24)18-29(30)26-14-12-22-11-10-21-6-3-4-8-27(21)28(22)19-26/h1-19H. The van der Waals surface area contributed by atoms with Crippen LogP contribution in [0.15, 0.2) is 115 Å². The molecule has 31 heavy (non-hydrogen) atoms. The van der Waals surface area contributed by atoms with Gasteiger partial charge in [0.05, 0.1) is 0 Å². The summed E-state index contributed by atoms with van der Waals surface area (Å²) in [5, 5.41) is 8.28. The van der Waals surface area contributed by atoms with E-state index >= 15 is 0 Å². The van der Waals surface area contributed by atoms with Crippen LogP contribution in [0.2, 0.25) is 5.02 Å². The smallest absolute Gasteiger partial charge is 0.0484 e. The summed E-state index contributed by atoms with van der Waals surface area (Å²) in [7, 11) is 0. The monoisotopic (exact) mass is 414 g/mol. The molecule has 6 aromatic rings. The van der Waals surface area contributed by atoms with E-state index in [1.54, 1.807) is 0 Å². The molecule has 0 bridgehead atoms. The number of rotatable bonds is 2. The minimum atomic E-state index is 0.768. The molecular weight excluding hydrogens is 396 g/mol. The maximum absolute atomic E-state index is 6.68. The topological polar surface area (TPSA) is 0 Å². The van der Waals surface area contributed by atoms with Crippen LogP contribution >= 0.6 is 11.6 Å². The van der Waals surface area contributed by atoms with Gasteiger partial charge in [0.15, 0.2) is 0 Å². The number of halogens is 1. The molecule has 6 rings (SSSR count). The molecule has 0 spiro atoms. The van der Waals surface area contributed by atoms with Gasteiger partial charge in [-0.1, -0.05) is 103 Å². The average molecular weight is 415 g/mol. The van der Waals surface area contributed by atoms with Gasteiger partial charge in [-0.15, -0.1) is 0 Å². The fourth-order valence-electron chi connectivity index (χ4n) is 4.46. The van der Waals surface area contributed by atoms with Gasteiger partial charge in [0.1, 0.15) is 0 Å². The van der Waals surface area contributed by atoms with Crippen molar-refractivity contribution in [2.45, 2.75) is 0 Å². The zero-order chi connectivity index (χ0) is 20.8. The van der Waals surface area contributed by atoms with Crippen molar-refractivity contribution >= 4 is 43.9 Å². The molecule has 0 amide bonds. The zero-order valence-corrected chi connectivity index (χ0v) is 17.6. The Labute approximate surface area is 186 Å². The highest BCUT2D eigenvalue weighted by Gasteiger charge is 2.09. The van der Waals surface area contributed by atoms with E-state index in [0.717, 1.165) is 16.1 Å². The van der Waals surface area contributed by atoms with E-state index in [0.29, 0.717) is 0 Å². The zero-order valence-electron chi connectivity index (χ0n) is 16.8. The number of benzene rings is 6. The Bertz CT molecular complexity index is 1590. The quantitative estimate of drug-likeness (QED) is 0.248. The molecule has 0 aromatic heterocycles. The van der Waals surface area contributed by atoms with Gasteiger partial charge in [-0.2, -0.15) is 0 Å². The molecule has 0 nitrogen and oxygen atoms in total. The minimum Gasteiger partial charge on any atom is -0.0837 e. The van der Waals surface area contributed by atoms with Crippen molar-refractivity contribution in [1.29, 1.82) is 0 Å². The highest BCUT2D eigenvalue weighted by molar-refractivity contribution is 6.33. The Balaban J connectivity index is 1.52. The van der Waals surface area contributed by atoms with Crippen molar-refractivity contribution in [2.24, 2.45) is 0 Å². The highest BCUT2D eigenvalue weighted by atomic mass is 35.5. The van der Waals surface area contributed by atoms with Gasteiger partial charge in [0.2, 0.25) is 0 Å². The Morgan fingerprint density at radius 2 is 0.968 bits per heavy atom. The van der Waals surface area contributed by atoms with Gasteiger partial charge in [0.25, 0.3) is 0 Å². The summed E-state index contributed by atoms with van der Waals surface area (Å²) < 4.78 is 0. The summed E-state index contributed by atoms with van der Waals surface area (Å²) in [5.74, 6) is 0. The van der Waals surface area contributed by atoms with E-state index in [2.05, 4.69) is 109 Å². The third-order valence-electron chi connectivity index (χ3n) is 6.11. The summed E-state index contributed by atoms with van der Waals surface area (Å²) in [5.41, 5.74) is 4.56. The van der Waals surface area contributed by atoms with Crippen molar-refractivity contribution in [1.82, 2.24) is 0 Å². The van der Waals surface area contributed by atoms with Gasteiger partial charge in [0, 0.05) is 10.6 Å². The number of hydrogen-bond donors (Lipinski definition) is 0. The van der Waals surface area contributed by atoms with Crippen molar-refractivity contribution in [2.75, 3.05) is 0 Å². The Morgan fingerprint density at radius 1 is 0.387 bits per heavy atom. The van der Waals surface area contributed by atoms with E-state index in [9.17, 15) is 0 Å². The van der Waals surface area contributed by atoms with Crippen LogP contribution in [0.5, 0.6) is 0 Å². The molecule has 0 aliphatic carbocycles. The predicted octanol–water partition coefficient (Wildman–Crippen LogP) is 9.13. The Kier molecular flexibility index (Phi) is 4.26. The maximum atomic E-state index is 6.68. The average Bonchev–Trinajstić information content (AvgIpc) is 2.83. The largest absolute Gasteiger partial charge is 0.0837 e. The Hall–Kier alpha value is -3.61. The van der Waals surface area contributed by atoms with Crippen molar-refractivity contribution in [3.05, 3.63) is 120 Å². The van der Waals surface area contributed by atoms with E-state index in [1.807, 2.05) is 6.07 Å². The van der Waals surface area contributed by atoms with Crippen LogP contribution in [-0.2, 0) is 0 Å². The first-order valence-electron chi connectivity index (χ1n) is 10.5. The lowest BCUT2D eigenvalue weighted by Gasteiger charge is -2.11. The lowest BCUT2D eigenvalue weighted by molar-refractivity contribution is 1.61. The molecule has 0 saturated carbocycles. The lowest BCUT2D eigenvalue weighted by Crippen LogP contribution is -1.85. The summed E-state index contributed by atoms with van der Waals surface area (Å²) in [4.78, 5) is 0. The lowest BCUT2D eigenvalue weighted by atomic mass is 9.94. The molecular formula is C30H19Cl. The molecule has 6 aromatic carbocycles. The molecule has 0 unspecified atom stereocenters. The first-order valence-corrected chi connectivity index (χ1v) is 10.8. The second-order valence-electron chi connectivity index (χ2n) is 7.98. The molecule has 0 N–H and O–H groups in total. The molecule has 0 heterocycles. The minimum absolute atomic E-state index is 0.768.